The Labute approximate surface area is 224 Å². The van der Waals surface area contributed by atoms with Crippen molar-refractivity contribution in [2.75, 3.05) is 31.3 Å². The van der Waals surface area contributed by atoms with E-state index >= 15 is 0 Å². The van der Waals surface area contributed by atoms with Crippen molar-refractivity contribution >= 4 is 39.1 Å². The van der Waals surface area contributed by atoms with Crippen molar-refractivity contribution in [3.63, 3.8) is 0 Å². The van der Waals surface area contributed by atoms with Crippen molar-refractivity contribution in [1.82, 2.24) is 10.2 Å². The van der Waals surface area contributed by atoms with Crippen LogP contribution in [0.4, 0.5) is 5.69 Å². The number of nitrogens with one attached hydrogen (secondary N) is 1. The molecule has 37 heavy (non-hydrogen) atoms. The lowest BCUT2D eigenvalue weighted by atomic mass is 10.1. The van der Waals surface area contributed by atoms with Gasteiger partial charge in [0, 0.05) is 23.7 Å². The van der Waals surface area contributed by atoms with Crippen LogP contribution in [0.2, 0.25) is 5.02 Å². The predicted octanol–water partition coefficient (Wildman–Crippen LogP) is 3.85. The van der Waals surface area contributed by atoms with E-state index in [2.05, 4.69) is 5.32 Å². The van der Waals surface area contributed by atoms with Crippen molar-refractivity contribution in [3.8, 4) is 11.5 Å². The Kier molecular flexibility index (Phi) is 11.1. The van der Waals surface area contributed by atoms with Gasteiger partial charge in [0.05, 0.1) is 26.2 Å². The van der Waals surface area contributed by atoms with E-state index in [0.29, 0.717) is 28.5 Å². The molecule has 0 unspecified atom stereocenters. The molecule has 0 heterocycles. The molecule has 0 aliphatic heterocycles. The van der Waals surface area contributed by atoms with Gasteiger partial charge in [0.2, 0.25) is 21.8 Å². The van der Waals surface area contributed by atoms with Crippen molar-refractivity contribution in [2.24, 2.45) is 0 Å². The maximum atomic E-state index is 13.8. The Hall–Kier alpha value is -2.98. The fraction of sp³-hybridized carbons (Fsp3) is 0.462. The second kappa shape index (κ2) is 13.5. The fourth-order valence-electron chi connectivity index (χ4n) is 3.76. The van der Waals surface area contributed by atoms with Gasteiger partial charge in [-0.3, -0.25) is 13.9 Å². The molecule has 0 bridgehead atoms. The van der Waals surface area contributed by atoms with E-state index in [9.17, 15) is 18.0 Å². The number of carbonyl (C=O) groups excluding carboxylic acids is 2. The zero-order valence-electron chi connectivity index (χ0n) is 22.2. The first kappa shape index (κ1) is 30.2. The molecule has 0 saturated heterocycles. The SMILES string of the molecule is CC[C@H](C)NC(=O)[C@H](CC)N(Cc1ccccc1Cl)C(=O)CN(c1ccc(OC)c(OC)c1)S(C)(=O)=O. The highest BCUT2D eigenvalue weighted by Gasteiger charge is 2.32. The minimum absolute atomic E-state index is 0.0362. The number of nitrogens with zero attached hydrogens (tertiary/aromatic N) is 2. The lowest BCUT2D eigenvalue weighted by Crippen LogP contribution is -2.53. The molecule has 0 spiro atoms. The van der Waals surface area contributed by atoms with Gasteiger partial charge in [-0.1, -0.05) is 43.6 Å². The van der Waals surface area contributed by atoms with Crippen LogP contribution in [0.15, 0.2) is 42.5 Å². The largest absolute Gasteiger partial charge is 0.493 e. The number of ether oxygens (including phenoxy) is 2. The first-order chi connectivity index (χ1) is 17.5. The van der Waals surface area contributed by atoms with Gasteiger partial charge in [-0.2, -0.15) is 0 Å². The van der Waals surface area contributed by atoms with Gasteiger partial charge < -0.3 is 19.7 Å². The van der Waals surface area contributed by atoms with Crippen LogP contribution in [0, 0.1) is 0 Å². The Morgan fingerprint density at radius 2 is 1.68 bits per heavy atom. The van der Waals surface area contributed by atoms with Crippen molar-refractivity contribution < 1.29 is 27.5 Å². The molecule has 2 atom stereocenters. The third-order valence-corrected chi connectivity index (χ3v) is 7.53. The number of hydrogen-bond acceptors (Lipinski definition) is 6. The number of anilines is 1. The molecule has 2 amide bonds. The molecule has 0 radical (unpaired) electrons. The van der Waals surface area contributed by atoms with E-state index in [0.717, 1.165) is 17.0 Å². The van der Waals surface area contributed by atoms with Crippen LogP contribution in [-0.2, 0) is 26.2 Å². The molecule has 2 aromatic carbocycles. The Morgan fingerprint density at radius 3 is 2.22 bits per heavy atom. The number of methoxy groups -OCH3 is 2. The van der Waals surface area contributed by atoms with Crippen LogP contribution < -0.4 is 19.1 Å². The first-order valence-corrected chi connectivity index (χ1v) is 14.2. The minimum atomic E-state index is -3.88. The van der Waals surface area contributed by atoms with Gasteiger partial charge in [-0.05, 0) is 43.5 Å². The van der Waals surface area contributed by atoms with Crippen LogP contribution in [-0.4, -0.2) is 64.2 Å². The van der Waals surface area contributed by atoms with Crippen molar-refractivity contribution in [3.05, 3.63) is 53.1 Å². The molecule has 0 saturated carbocycles. The van der Waals surface area contributed by atoms with Gasteiger partial charge in [0.15, 0.2) is 11.5 Å². The van der Waals surface area contributed by atoms with E-state index in [1.54, 1.807) is 37.3 Å². The Morgan fingerprint density at radius 1 is 1.03 bits per heavy atom. The quantitative estimate of drug-likeness (QED) is 0.404. The zero-order chi connectivity index (χ0) is 27.8. The van der Waals surface area contributed by atoms with Crippen LogP contribution in [0.3, 0.4) is 0 Å². The molecule has 0 fully saturated rings. The van der Waals surface area contributed by atoms with E-state index in [4.69, 9.17) is 21.1 Å². The summed E-state index contributed by atoms with van der Waals surface area (Å²) in [4.78, 5) is 28.3. The normalized spacial score (nSPS) is 12.8. The summed E-state index contributed by atoms with van der Waals surface area (Å²) in [5.74, 6) is -0.131. The van der Waals surface area contributed by atoms with Gasteiger partial charge >= 0.3 is 0 Å². The van der Waals surface area contributed by atoms with Crippen molar-refractivity contribution in [1.29, 1.82) is 0 Å². The summed E-state index contributed by atoms with van der Waals surface area (Å²) in [7, 11) is -0.980. The Balaban J connectivity index is 2.50. The average molecular weight is 554 g/mol. The molecule has 0 aromatic heterocycles. The molecule has 11 heteroatoms. The number of rotatable bonds is 13. The number of halogens is 1. The summed E-state index contributed by atoms with van der Waals surface area (Å²) < 4.78 is 37.1. The van der Waals surface area contributed by atoms with Gasteiger partial charge in [0.1, 0.15) is 12.6 Å². The van der Waals surface area contributed by atoms with Crippen LogP contribution in [0.25, 0.3) is 0 Å². The topological polar surface area (TPSA) is 105 Å². The van der Waals surface area contributed by atoms with Crippen LogP contribution in [0.5, 0.6) is 11.5 Å². The number of hydrogen-bond donors (Lipinski definition) is 1. The van der Waals surface area contributed by atoms with Crippen LogP contribution >= 0.6 is 11.6 Å². The molecular weight excluding hydrogens is 518 g/mol. The van der Waals surface area contributed by atoms with Gasteiger partial charge in [0.25, 0.3) is 0 Å². The second-order valence-electron chi connectivity index (χ2n) is 8.66. The second-order valence-corrected chi connectivity index (χ2v) is 11.0. The molecule has 0 aliphatic carbocycles. The Bertz CT molecular complexity index is 1190. The maximum Gasteiger partial charge on any atom is 0.244 e. The highest BCUT2D eigenvalue weighted by Crippen LogP contribution is 2.32. The van der Waals surface area contributed by atoms with Crippen molar-refractivity contribution in [2.45, 2.75) is 52.2 Å². The van der Waals surface area contributed by atoms with Gasteiger partial charge in [-0.15, -0.1) is 0 Å². The maximum absolute atomic E-state index is 13.8. The molecule has 2 aromatic rings. The predicted molar refractivity (Wildman–Crippen MR) is 146 cm³/mol. The number of carbonyl (C=O) groups is 2. The van der Waals surface area contributed by atoms with E-state index in [1.165, 1.54) is 31.3 Å². The summed E-state index contributed by atoms with van der Waals surface area (Å²) in [6, 6.07) is 10.7. The molecule has 204 valence electrons. The molecular formula is C26H36ClN3O6S. The lowest BCUT2D eigenvalue weighted by molar-refractivity contribution is -0.140. The smallest absolute Gasteiger partial charge is 0.244 e. The van der Waals surface area contributed by atoms with E-state index in [1.807, 2.05) is 13.8 Å². The first-order valence-electron chi connectivity index (χ1n) is 12.0. The fourth-order valence-corrected chi connectivity index (χ4v) is 4.80. The third kappa shape index (κ3) is 8.00. The number of sulfonamides is 1. The van der Waals surface area contributed by atoms with Crippen LogP contribution in [0.1, 0.15) is 39.2 Å². The molecule has 1 N–H and O–H groups in total. The summed E-state index contributed by atoms with van der Waals surface area (Å²) in [6.07, 6.45) is 2.07. The molecule has 9 nitrogen and oxygen atoms in total. The third-order valence-electron chi connectivity index (χ3n) is 6.02. The molecule has 2 rings (SSSR count). The highest BCUT2D eigenvalue weighted by atomic mass is 35.5. The number of benzene rings is 2. The molecule has 0 aliphatic rings. The summed E-state index contributed by atoms with van der Waals surface area (Å²) >= 11 is 6.37. The number of amides is 2. The minimum Gasteiger partial charge on any atom is -0.493 e. The van der Waals surface area contributed by atoms with E-state index < -0.39 is 28.5 Å². The van der Waals surface area contributed by atoms with Gasteiger partial charge in [-0.25, -0.2) is 8.42 Å². The standard InChI is InChI=1S/C26H36ClN3O6S/c1-7-18(3)28-26(32)22(8-2)29(16-19-11-9-10-12-21(19)27)25(31)17-30(37(6,33)34)20-13-14-23(35-4)24(15-20)36-5/h9-15,18,22H,7-8,16-17H2,1-6H3,(H,28,32)/t18-,22-/m0/s1. The summed E-state index contributed by atoms with van der Waals surface area (Å²) in [5.41, 5.74) is 0.868. The lowest BCUT2D eigenvalue weighted by Gasteiger charge is -2.33. The zero-order valence-corrected chi connectivity index (χ0v) is 23.7. The average Bonchev–Trinajstić information content (AvgIpc) is 2.86. The monoisotopic (exact) mass is 553 g/mol. The summed E-state index contributed by atoms with van der Waals surface area (Å²) in [6.45, 7) is 5.15. The summed E-state index contributed by atoms with van der Waals surface area (Å²) in [5, 5.41) is 3.37. The highest BCUT2D eigenvalue weighted by molar-refractivity contribution is 7.92. The van der Waals surface area contributed by atoms with E-state index in [-0.39, 0.29) is 24.2 Å².